The van der Waals surface area contributed by atoms with Gasteiger partial charge in [0.1, 0.15) is 0 Å². The standard InChI is InChI=1S/C13H26N2O/c1-2-8-14-11-5-4-9-15(10-11)12-6-3-7-13(12)16/h11-14,16H,2-10H2,1H3. The zero-order valence-electron chi connectivity index (χ0n) is 10.5. The van der Waals surface area contributed by atoms with Crippen LogP contribution >= 0.6 is 0 Å². The predicted octanol–water partition coefficient (Wildman–Crippen LogP) is 1.36. The number of rotatable bonds is 4. The number of hydrogen-bond donors (Lipinski definition) is 2. The molecule has 3 nitrogen and oxygen atoms in total. The Morgan fingerprint density at radius 1 is 1.25 bits per heavy atom. The highest BCUT2D eigenvalue weighted by molar-refractivity contribution is 4.89. The molecule has 3 heteroatoms. The fourth-order valence-electron chi connectivity index (χ4n) is 3.17. The lowest BCUT2D eigenvalue weighted by Gasteiger charge is -2.38. The summed E-state index contributed by atoms with van der Waals surface area (Å²) in [5.74, 6) is 0. The average Bonchev–Trinajstić information content (AvgIpc) is 2.73. The van der Waals surface area contributed by atoms with Crippen molar-refractivity contribution in [2.45, 2.75) is 63.6 Å². The van der Waals surface area contributed by atoms with Crippen LogP contribution in [0.1, 0.15) is 45.4 Å². The quantitative estimate of drug-likeness (QED) is 0.760. The molecule has 0 spiro atoms. The van der Waals surface area contributed by atoms with Crippen molar-refractivity contribution in [1.82, 2.24) is 10.2 Å². The zero-order chi connectivity index (χ0) is 11.4. The van der Waals surface area contributed by atoms with Crippen LogP contribution < -0.4 is 5.32 Å². The van der Waals surface area contributed by atoms with E-state index in [1.54, 1.807) is 0 Å². The molecule has 0 radical (unpaired) electrons. The Kier molecular flexibility index (Phi) is 4.62. The minimum absolute atomic E-state index is 0.0649. The van der Waals surface area contributed by atoms with E-state index in [9.17, 15) is 5.11 Å². The summed E-state index contributed by atoms with van der Waals surface area (Å²) in [4.78, 5) is 2.52. The van der Waals surface area contributed by atoms with Crippen molar-refractivity contribution >= 4 is 0 Å². The topological polar surface area (TPSA) is 35.5 Å². The Morgan fingerprint density at radius 3 is 2.81 bits per heavy atom. The van der Waals surface area contributed by atoms with E-state index in [0.29, 0.717) is 12.1 Å². The highest BCUT2D eigenvalue weighted by Gasteiger charge is 2.33. The molecule has 1 heterocycles. The Labute approximate surface area is 99.2 Å². The first-order valence-corrected chi connectivity index (χ1v) is 6.96. The molecule has 0 bridgehead atoms. The number of nitrogens with one attached hydrogen (secondary N) is 1. The molecule has 1 aliphatic heterocycles. The SMILES string of the molecule is CCCNC1CCCN(C2CCCC2O)C1. The molecule has 1 aliphatic carbocycles. The normalized spacial score (nSPS) is 36.8. The molecule has 0 amide bonds. The number of aliphatic hydroxyl groups excluding tert-OH is 1. The fourth-order valence-corrected chi connectivity index (χ4v) is 3.17. The minimum atomic E-state index is -0.0649. The third-order valence-corrected chi connectivity index (χ3v) is 4.05. The molecule has 2 aliphatic rings. The van der Waals surface area contributed by atoms with E-state index < -0.39 is 0 Å². The molecule has 0 aromatic carbocycles. The number of hydrogen-bond acceptors (Lipinski definition) is 3. The lowest BCUT2D eigenvalue weighted by Crippen LogP contribution is -2.51. The largest absolute Gasteiger partial charge is 0.391 e. The molecule has 94 valence electrons. The lowest BCUT2D eigenvalue weighted by molar-refractivity contribution is 0.0499. The van der Waals surface area contributed by atoms with Crippen LogP contribution in [0.5, 0.6) is 0 Å². The van der Waals surface area contributed by atoms with Crippen LogP contribution in [0.15, 0.2) is 0 Å². The van der Waals surface area contributed by atoms with E-state index in [0.717, 1.165) is 19.5 Å². The molecule has 0 aromatic rings. The van der Waals surface area contributed by atoms with Gasteiger partial charge in [0.25, 0.3) is 0 Å². The number of nitrogens with zero attached hydrogens (tertiary/aromatic N) is 1. The molecule has 1 saturated carbocycles. The zero-order valence-corrected chi connectivity index (χ0v) is 10.5. The van der Waals surface area contributed by atoms with E-state index in [1.165, 1.54) is 38.6 Å². The molecule has 0 aromatic heterocycles. The van der Waals surface area contributed by atoms with Crippen molar-refractivity contribution in [2.75, 3.05) is 19.6 Å². The van der Waals surface area contributed by atoms with Crippen LogP contribution in [-0.2, 0) is 0 Å². The Hall–Kier alpha value is -0.120. The van der Waals surface area contributed by atoms with Gasteiger partial charge in [-0.05, 0) is 51.6 Å². The van der Waals surface area contributed by atoms with Gasteiger partial charge in [-0.3, -0.25) is 4.90 Å². The second-order valence-corrected chi connectivity index (χ2v) is 5.35. The highest BCUT2D eigenvalue weighted by Crippen LogP contribution is 2.26. The van der Waals surface area contributed by atoms with E-state index >= 15 is 0 Å². The van der Waals surface area contributed by atoms with Gasteiger partial charge in [-0.2, -0.15) is 0 Å². The van der Waals surface area contributed by atoms with Crippen LogP contribution in [0.25, 0.3) is 0 Å². The van der Waals surface area contributed by atoms with E-state index in [4.69, 9.17) is 0 Å². The van der Waals surface area contributed by atoms with Gasteiger partial charge < -0.3 is 10.4 Å². The second-order valence-electron chi connectivity index (χ2n) is 5.35. The van der Waals surface area contributed by atoms with Gasteiger partial charge in [0.2, 0.25) is 0 Å². The Balaban J connectivity index is 1.81. The summed E-state index contributed by atoms with van der Waals surface area (Å²) in [5, 5.41) is 13.6. The molecule has 3 atom stereocenters. The average molecular weight is 226 g/mol. The molecule has 2 rings (SSSR count). The first-order valence-electron chi connectivity index (χ1n) is 6.96. The summed E-state index contributed by atoms with van der Waals surface area (Å²) in [5.41, 5.74) is 0. The third kappa shape index (κ3) is 2.96. The van der Waals surface area contributed by atoms with E-state index in [-0.39, 0.29) is 6.10 Å². The first kappa shape index (κ1) is 12.3. The van der Waals surface area contributed by atoms with Crippen molar-refractivity contribution in [2.24, 2.45) is 0 Å². The molecular weight excluding hydrogens is 200 g/mol. The fraction of sp³-hybridized carbons (Fsp3) is 1.00. The molecule has 1 saturated heterocycles. The summed E-state index contributed by atoms with van der Waals surface area (Å²) < 4.78 is 0. The minimum Gasteiger partial charge on any atom is -0.391 e. The molecule has 16 heavy (non-hydrogen) atoms. The Bertz CT molecular complexity index is 210. The second kappa shape index (κ2) is 5.99. The maximum absolute atomic E-state index is 9.94. The van der Waals surface area contributed by atoms with Crippen LogP contribution in [0.4, 0.5) is 0 Å². The molecular formula is C13H26N2O. The van der Waals surface area contributed by atoms with Crippen molar-refractivity contribution < 1.29 is 5.11 Å². The van der Waals surface area contributed by atoms with Gasteiger partial charge in [-0.25, -0.2) is 0 Å². The lowest BCUT2D eigenvalue weighted by atomic mass is 10.0. The summed E-state index contributed by atoms with van der Waals surface area (Å²) in [6.45, 7) is 5.67. The van der Waals surface area contributed by atoms with Gasteiger partial charge in [-0.1, -0.05) is 6.92 Å². The molecule has 2 N–H and O–H groups in total. The van der Waals surface area contributed by atoms with Crippen molar-refractivity contribution in [1.29, 1.82) is 0 Å². The highest BCUT2D eigenvalue weighted by atomic mass is 16.3. The molecule has 3 unspecified atom stereocenters. The van der Waals surface area contributed by atoms with Gasteiger partial charge in [0.15, 0.2) is 0 Å². The number of aliphatic hydroxyl groups is 1. The van der Waals surface area contributed by atoms with Crippen molar-refractivity contribution in [3.63, 3.8) is 0 Å². The van der Waals surface area contributed by atoms with Crippen molar-refractivity contribution in [3.8, 4) is 0 Å². The molecule has 2 fully saturated rings. The van der Waals surface area contributed by atoms with E-state index in [2.05, 4.69) is 17.1 Å². The number of piperidine rings is 1. The monoisotopic (exact) mass is 226 g/mol. The van der Waals surface area contributed by atoms with Gasteiger partial charge in [-0.15, -0.1) is 0 Å². The summed E-state index contributed by atoms with van der Waals surface area (Å²) >= 11 is 0. The third-order valence-electron chi connectivity index (χ3n) is 4.05. The summed E-state index contributed by atoms with van der Waals surface area (Å²) in [6, 6.07) is 1.10. The van der Waals surface area contributed by atoms with E-state index in [1.807, 2.05) is 0 Å². The number of likely N-dealkylation sites (tertiary alicyclic amines) is 1. The van der Waals surface area contributed by atoms with Crippen LogP contribution in [-0.4, -0.2) is 47.8 Å². The van der Waals surface area contributed by atoms with Crippen LogP contribution in [0.2, 0.25) is 0 Å². The van der Waals surface area contributed by atoms with Gasteiger partial charge in [0.05, 0.1) is 6.10 Å². The predicted molar refractivity (Wildman–Crippen MR) is 66.5 cm³/mol. The van der Waals surface area contributed by atoms with Gasteiger partial charge in [0, 0.05) is 18.6 Å². The van der Waals surface area contributed by atoms with Crippen LogP contribution in [0.3, 0.4) is 0 Å². The summed E-state index contributed by atoms with van der Waals surface area (Å²) in [6.07, 6.45) is 7.14. The smallest absolute Gasteiger partial charge is 0.0695 e. The Morgan fingerprint density at radius 2 is 2.12 bits per heavy atom. The first-order chi connectivity index (χ1) is 7.81. The van der Waals surface area contributed by atoms with Gasteiger partial charge >= 0.3 is 0 Å². The van der Waals surface area contributed by atoms with Crippen LogP contribution in [0, 0.1) is 0 Å². The summed E-state index contributed by atoms with van der Waals surface area (Å²) in [7, 11) is 0. The maximum Gasteiger partial charge on any atom is 0.0695 e. The van der Waals surface area contributed by atoms with Crippen molar-refractivity contribution in [3.05, 3.63) is 0 Å². The maximum atomic E-state index is 9.94.